The first-order valence-electron chi connectivity index (χ1n) is 13.4. The lowest BCUT2D eigenvalue weighted by molar-refractivity contribution is -0.113. The van der Waals surface area contributed by atoms with Gasteiger partial charge < -0.3 is 14.7 Å². The molecule has 2 aromatic rings. The molecule has 4 aliphatic carbocycles. The molecule has 7 heteroatoms. The van der Waals surface area contributed by atoms with Crippen LogP contribution in [0.2, 0.25) is 0 Å². The molecular formula is C30H31FN2O3S. The second-order valence-electron chi connectivity index (χ2n) is 11.6. The molecule has 1 saturated heterocycles. The first kappa shape index (κ1) is 23.5. The average molecular weight is 519 g/mol. The third kappa shape index (κ3) is 4.20. The van der Waals surface area contributed by atoms with E-state index in [0.717, 1.165) is 66.8 Å². The van der Waals surface area contributed by atoms with Gasteiger partial charge in [-0.1, -0.05) is 12.1 Å². The number of phenolic OH excluding ortho intramolecular Hbond substituents is 1. The molecule has 5 fully saturated rings. The lowest BCUT2D eigenvalue weighted by atomic mass is 9.48. The van der Waals surface area contributed by atoms with Gasteiger partial charge in [-0.15, -0.1) is 0 Å². The Morgan fingerprint density at radius 2 is 1.73 bits per heavy atom. The summed E-state index contributed by atoms with van der Waals surface area (Å²) in [6, 6.07) is 10.6. The number of ether oxygens (including phenoxy) is 1. The summed E-state index contributed by atoms with van der Waals surface area (Å²) in [5, 5.41) is 11.7. The zero-order valence-corrected chi connectivity index (χ0v) is 21.6. The highest BCUT2D eigenvalue weighted by atomic mass is 32.2. The van der Waals surface area contributed by atoms with Crippen LogP contribution in [0.4, 0.5) is 4.39 Å². The van der Waals surface area contributed by atoms with E-state index in [9.17, 15) is 9.90 Å². The summed E-state index contributed by atoms with van der Waals surface area (Å²) >= 11 is 1.37. The van der Waals surface area contributed by atoms with Gasteiger partial charge in [-0.25, -0.2) is 4.39 Å². The number of thioether (sulfide) groups is 1. The molecule has 2 aromatic carbocycles. The number of halogens is 1. The molecule has 0 atom stereocenters. The summed E-state index contributed by atoms with van der Waals surface area (Å²) in [4.78, 5) is 19.5. The fraction of sp³-hybridized carbons (Fsp3) is 0.467. The number of benzene rings is 2. The SMILES string of the molecule is O=C1N=C(N2CCOCC2)SC1=Cc1ccc(F)c(-c2ccc(O)c(C34CC5CC(CC(C5)C3)C4)c2)c1. The molecule has 0 radical (unpaired) electrons. The largest absolute Gasteiger partial charge is 0.508 e. The molecule has 192 valence electrons. The number of nitrogens with zero attached hydrogens (tertiary/aromatic N) is 2. The van der Waals surface area contributed by atoms with Crippen molar-refractivity contribution in [1.82, 2.24) is 4.90 Å². The molecule has 4 bridgehead atoms. The Labute approximate surface area is 220 Å². The highest BCUT2D eigenvalue weighted by Gasteiger charge is 2.52. The Morgan fingerprint density at radius 3 is 2.43 bits per heavy atom. The molecule has 6 aliphatic rings. The van der Waals surface area contributed by atoms with Crippen molar-refractivity contribution < 1.29 is 19.0 Å². The normalized spacial score (nSPS) is 31.9. The smallest absolute Gasteiger partial charge is 0.286 e. The standard InChI is InChI=1S/C30H31FN2O3S/c31-25-3-1-18(13-27-28(35)32-29(37-27)33-5-7-36-8-6-33)12-23(25)22-2-4-26(34)24(14-22)30-15-19-9-20(16-30)11-21(10-19)17-30/h1-4,12-14,19-21,34H,5-11,15-17H2. The van der Waals surface area contributed by atoms with Gasteiger partial charge in [0, 0.05) is 24.2 Å². The molecule has 0 unspecified atom stereocenters. The van der Waals surface area contributed by atoms with Crippen molar-refractivity contribution in [2.24, 2.45) is 22.7 Å². The molecule has 8 rings (SSSR count). The zero-order valence-electron chi connectivity index (χ0n) is 20.8. The van der Waals surface area contributed by atoms with E-state index in [1.165, 1.54) is 37.1 Å². The Balaban J connectivity index is 1.19. The summed E-state index contributed by atoms with van der Waals surface area (Å²) < 4.78 is 20.6. The van der Waals surface area contributed by atoms with Gasteiger partial charge in [0.1, 0.15) is 11.6 Å². The number of amidine groups is 1. The van der Waals surface area contributed by atoms with Crippen molar-refractivity contribution >= 4 is 28.9 Å². The van der Waals surface area contributed by atoms with Gasteiger partial charge in [0.2, 0.25) is 0 Å². The molecule has 2 heterocycles. The second-order valence-corrected chi connectivity index (χ2v) is 12.6. The monoisotopic (exact) mass is 518 g/mol. The van der Waals surface area contributed by atoms with Crippen LogP contribution in [0.25, 0.3) is 17.2 Å². The van der Waals surface area contributed by atoms with Gasteiger partial charge in [0.15, 0.2) is 5.17 Å². The molecule has 4 saturated carbocycles. The van der Waals surface area contributed by atoms with Gasteiger partial charge in [-0.05, 0) is 115 Å². The molecule has 1 amide bonds. The predicted molar refractivity (Wildman–Crippen MR) is 144 cm³/mol. The Bertz CT molecular complexity index is 1290. The lowest BCUT2D eigenvalue weighted by Crippen LogP contribution is -2.48. The van der Waals surface area contributed by atoms with E-state index in [4.69, 9.17) is 4.74 Å². The van der Waals surface area contributed by atoms with Crippen molar-refractivity contribution in [1.29, 1.82) is 0 Å². The summed E-state index contributed by atoms with van der Waals surface area (Å²) in [5.41, 5.74) is 3.04. The molecule has 5 nitrogen and oxygen atoms in total. The zero-order chi connectivity index (χ0) is 25.1. The average Bonchev–Trinajstić information content (AvgIpc) is 3.25. The summed E-state index contributed by atoms with van der Waals surface area (Å²) in [7, 11) is 0. The fourth-order valence-electron chi connectivity index (χ4n) is 7.86. The number of phenols is 1. The van der Waals surface area contributed by atoms with Crippen molar-refractivity contribution in [3.63, 3.8) is 0 Å². The minimum absolute atomic E-state index is 0.0189. The number of amides is 1. The van der Waals surface area contributed by atoms with E-state index >= 15 is 4.39 Å². The number of carbonyl (C=O) groups excluding carboxylic acids is 1. The Hall–Kier alpha value is -2.64. The van der Waals surface area contributed by atoms with Crippen LogP contribution in [0.15, 0.2) is 46.3 Å². The molecule has 1 N–H and O–H groups in total. The van der Waals surface area contributed by atoms with Crippen LogP contribution in [0.3, 0.4) is 0 Å². The first-order valence-corrected chi connectivity index (χ1v) is 14.3. The maximum absolute atomic E-state index is 15.1. The molecule has 37 heavy (non-hydrogen) atoms. The molecule has 0 spiro atoms. The maximum atomic E-state index is 15.1. The molecule has 2 aliphatic heterocycles. The van der Waals surface area contributed by atoms with Gasteiger partial charge in [0.25, 0.3) is 5.91 Å². The van der Waals surface area contributed by atoms with Crippen LogP contribution in [0.5, 0.6) is 5.75 Å². The minimum atomic E-state index is -0.306. The third-order valence-electron chi connectivity index (χ3n) is 9.10. The third-order valence-corrected chi connectivity index (χ3v) is 10.1. The van der Waals surface area contributed by atoms with Crippen LogP contribution in [-0.4, -0.2) is 47.4 Å². The Kier molecular flexibility index (Phi) is 5.70. The van der Waals surface area contributed by atoms with E-state index in [1.807, 2.05) is 12.1 Å². The number of hydrogen-bond donors (Lipinski definition) is 1. The topological polar surface area (TPSA) is 62.1 Å². The first-order chi connectivity index (χ1) is 18.0. The number of hydrogen-bond acceptors (Lipinski definition) is 5. The van der Waals surface area contributed by atoms with E-state index in [-0.39, 0.29) is 17.1 Å². The van der Waals surface area contributed by atoms with Gasteiger partial charge >= 0.3 is 0 Å². The fourth-order valence-corrected chi connectivity index (χ4v) is 8.83. The van der Waals surface area contributed by atoms with E-state index < -0.39 is 0 Å². The second kappa shape index (κ2) is 8.98. The summed E-state index contributed by atoms with van der Waals surface area (Å²) in [5.74, 6) is 2.04. The van der Waals surface area contributed by atoms with Crippen molar-refractivity contribution in [2.75, 3.05) is 26.3 Å². The Morgan fingerprint density at radius 1 is 1.03 bits per heavy atom. The highest BCUT2D eigenvalue weighted by molar-refractivity contribution is 8.18. The van der Waals surface area contributed by atoms with Crippen molar-refractivity contribution in [3.8, 4) is 16.9 Å². The van der Waals surface area contributed by atoms with Crippen LogP contribution in [-0.2, 0) is 14.9 Å². The summed E-state index contributed by atoms with van der Waals surface area (Å²) in [6.45, 7) is 2.71. The molecule has 0 aromatic heterocycles. The number of morpholine rings is 1. The van der Waals surface area contributed by atoms with Gasteiger partial charge in [-0.3, -0.25) is 4.79 Å². The van der Waals surface area contributed by atoms with Crippen LogP contribution >= 0.6 is 11.8 Å². The van der Waals surface area contributed by atoms with Crippen LogP contribution in [0.1, 0.15) is 49.7 Å². The number of carbonyl (C=O) groups is 1. The van der Waals surface area contributed by atoms with Gasteiger partial charge in [0.05, 0.1) is 18.1 Å². The molecular weight excluding hydrogens is 487 g/mol. The van der Waals surface area contributed by atoms with E-state index in [1.54, 1.807) is 24.3 Å². The number of rotatable bonds is 3. The minimum Gasteiger partial charge on any atom is -0.508 e. The van der Waals surface area contributed by atoms with Crippen LogP contribution < -0.4 is 0 Å². The summed E-state index contributed by atoms with van der Waals surface area (Å²) in [6.07, 6.45) is 9.20. The number of aromatic hydroxyl groups is 1. The van der Waals surface area contributed by atoms with Crippen molar-refractivity contribution in [3.05, 3.63) is 58.2 Å². The predicted octanol–water partition coefficient (Wildman–Crippen LogP) is 5.97. The van der Waals surface area contributed by atoms with Gasteiger partial charge in [-0.2, -0.15) is 4.99 Å². The van der Waals surface area contributed by atoms with Crippen LogP contribution in [0, 0.1) is 23.6 Å². The maximum Gasteiger partial charge on any atom is 0.286 e. The highest BCUT2D eigenvalue weighted by Crippen LogP contribution is 2.62. The lowest BCUT2D eigenvalue weighted by Gasteiger charge is -2.57. The van der Waals surface area contributed by atoms with Crippen molar-refractivity contribution in [2.45, 2.75) is 43.9 Å². The quantitative estimate of drug-likeness (QED) is 0.508. The van der Waals surface area contributed by atoms with E-state index in [0.29, 0.717) is 34.6 Å². The van der Waals surface area contributed by atoms with E-state index in [2.05, 4.69) is 9.89 Å². The number of aliphatic imine (C=N–C) groups is 1.